The van der Waals surface area contributed by atoms with Gasteiger partial charge in [-0.05, 0) is 50.6 Å². The molecule has 0 spiro atoms. The van der Waals surface area contributed by atoms with Crippen LogP contribution in [0.15, 0.2) is 24.3 Å². The number of ether oxygens (including phenoxy) is 1. The average Bonchev–Trinajstić information content (AvgIpc) is 2.83. The van der Waals surface area contributed by atoms with Crippen molar-refractivity contribution >= 4 is 12.1 Å². The fraction of sp³-hybridized carbons (Fsp3) is 0.619. The number of carboxylic acid groups (broad SMARTS) is 1. The molecule has 2 N–H and O–H groups in total. The molecule has 1 aliphatic rings. The molecule has 1 heterocycles. The third-order valence-corrected chi connectivity index (χ3v) is 4.74. The van der Waals surface area contributed by atoms with Crippen LogP contribution >= 0.6 is 0 Å². The van der Waals surface area contributed by atoms with Crippen molar-refractivity contribution in [3.8, 4) is 5.75 Å². The van der Waals surface area contributed by atoms with Gasteiger partial charge < -0.3 is 20.1 Å². The molecule has 1 amide bonds. The Morgan fingerprint density at radius 1 is 1.26 bits per heavy atom. The van der Waals surface area contributed by atoms with E-state index >= 15 is 0 Å². The Bertz CT molecular complexity index is 606. The lowest BCUT2D eigenvalue weighted by Crippen LogP contribution is -2.37. The van der Waals surface area contributed by atoms with E-state index in [0.29, 0.717) is 5.75 Å². The summed E-state index contributed by atoms with van der Waals surface area (Å²) in [5.74, 6) is -0.665. The Kier molecular flexibility index (Phi) is 9.86. The fourth-order valence-corrected chi connectivity index (χ4v) is 3.43. The molecule has 1 unspecified atom stereocenters. The number of likely N-dealkylation sites (tertiary alicyclic amines) is 1. The Hall–Kier alpha value is -2.08. The maximum Gasteiger partial charge on any atom is 0.413 e. The van der Waals surface area contributed by atoms with Crippen LogP contribution in [0.2, 0.25) is 0 Å². The summed E-state index contributed by atoms with van der Waals surface area (Å²) in [5, 5.41) is 10.8. The Morgan fingerprint density at radius 3 is 2.59 bits per heavy atom. The largest absolute Gasteiger partial charge is 0.480 e. The smallest absolute Gasteiger partial charge is 0.413 e. The zero-order chi connectivity index (χ0) is 20.3. The summed E-state index contributed by atoms with van der Waals surface area (Å²) in [4.78, 5) is 24.5. The van der Waals surface area contributed by atoms with E-state index in [1.165, 1.54) is 24.8 Å². The van der Waals surface area contributed by atoms with Crippen molar-refractivity contribution in [3.63, 3.8) is 0 Å². The van der Waals surface area contributed by atoms with Crippen LogP contribution in [-0.2, 0) is 10.2 Å². The number of hydrogen-bond donors (Lipinski definition) is 2. The molecule has 6 nitrogen and oxygen atoms in total. The van der Waals surface area contributed by atoms with E-state index in [0.717, 1.165) is 25.9 Å². The van der Waals surface area contributed by atoms with Gasteiger partial charge in [0.2, 0.25) is 0 Å². The highest BCUT2D eigenvalue weighted by Crippen LogP contribution is 2.37. The third-order valence-electron chi connectivity index (χ3n) is 4.74. The highest BCUT2D eigenvalue weighted by atomic mass is 16.6. The Labute approximate surface area is 162 Å². The number of benzene rings is 1. The van der Waals surface area contributed by atoms with Crippen molar-refractivity contribution in [1.82, 2.24) is 10.2 Å². The number of carbonyl (C=O) groups is 2. The normalized spacial score (nSPS) is 20.0. The highest BCUT2D eigenvalue weighted by Gasteiger charge is 2.33. The van der Waals surface area contributed by atoms with Crippen molar-refractivity contribution in [3.05, 3.63) is 29.8 Å². The Balaban J connectivity index is 0.00000114. The third kappa shape index (κ3) is 7.59. The number of nitrogens with zero attached hydrogens (tertiary/aromatic N) is 1. The number of likely N-dealkylation sites (N-methyl/N-ethyl adjacent to an activating group) is 1. The number of rotatable bonds is 5. The van der Waals surface area contributed by atoms with Crippen LogP contribution in [0, 0.1) is 0 Å². The van der Waals surface area contributed by atoms with Gasteiger partial charge in [0, 0.05) is 12.0 Å². The molecule has 0 aliphatic carbocycles. The van der Waals surface area contributed by atoms with Gasteiger partial charge in [0.15, 0.2) is 0 Å². The molecular weight excluding hydrogens is 344 g/mol. The number of hydrogen-bond acceptors (Lipinski definition) is 4. The number of aliphatic carboxylic acids is 1. The first-order valence-corrected chi connectivity index (χ1v) is 9.83. The van der Waals surface area contributed by atoms with Gasteiger partial charge in [-0.3, -0.25) is 4.79 Å². The first-order valence-electron chi connectivity index (χ1n) is 9.83. The van der Waals surface area contributed by atoms with E-state index in [1.54, 1.807) is 6.07 Å². The van der Waals surface area contributed by atoms with Gasteiger partial charge in [-0.2, -0.15) is 0 Å². The summed E-state index contributed by atoms with van der Waals surface area (Å²) in [7, 11) is 2.15. The minimum Gasteiger partial charge on any atom is -0.480 e. The van der Waals surface area contributed by atoms with Crippen molar-refractivity contribution in [2.75, 3.05) is 26.7 Å². The van der Waals surface area contributed by atoms with Gasteiger partial charge in [-0.15, -0.1) is 0 Å². The second kappa shape index (κ2) is 11.6. The molecule has 0 radical (unpaired) electrons. The number of amides is 1. The van der Waals surface area contributed by atoms with Gasteiger partial charge in [0.05, 0.1) is 0 Å². The summed E-state index contributed by atoms with van der Waals surface area (Å²) < 4.78 is 5.22. The maximum atomic E-state index is 11.7. The molecule has 0 aromatic heterocycles. The second-order valence-electron chi connectivity index (χ2n) is 7.20. The first kappa shape index (κ1) is 23.0. The SMILES string of the molecule is CCC.CCC1(c2cccc(OC(=O)NCC(=O)O)c2)CCCCN(C)C1. The van der Waals surface area contributed by atoms with E-state index in [-0.39, 0.29) is 5.41 Å². The van der Waals surface area contributed by atoms with Crippen molar-refractivity contribution < 1.29 is 19.4 Å². The molecule has 1 aromatic carbocycles. The predicted octanol–water partition coefficient (Wildman–Crippen LogP) is 4.04. The molecular formula is C21H34N2O4. The molecule has 152 valence electrons. The number of nitrogens with one attached hydrogen (secondary N) is 1. The van der Waals surface area contributed by atoms with E-state index in [4.69, 9.17) is 9.84 Å². The maximum absolute atomic E-state index is 11.7. The van der Waals surface area contributed by atoms with E-state index < -0.39 is 18.6 Å². The van der Waals surface area contributed by atoms with Gasteiger partial charge in [0.25, 0.3) is 0 Å². The van der Waals surface area contributed by atoms with Crippen molar-refractivity contribution in [2.24, 2.45) is 0 Å². The molecule has 1 aliphatic heterocycles. The van der Waals surface area contributed by atoms with Crippen LogP contribution in [0.3, 0.4) is 0 Å². The zero-order valence-electron chi connectivity index (χ0n) is 17.1. The minimum absolute atomic E-state index is 0.0577. The fourth-order valence-electron chi connectivity index (χ4n) is 3.43. The van der Waals surface area contributed by atoms with Crippen LogP contribution in [0.5, 0.6) is 5.75 Å². The molecule has 1 saturated heterocycles. The first-order chi connectivity index (χ1) is 12.9. The summed E-state index contributed by atoms with van der Waals surface area (Å²) in [6.07, 6.45) is 5.01. The lowest BCUT2D eigenvalue weighted by Gasteiger charge is -2.35. The van der Waals surface area contributed by atoms with Gasteiger partial charge in [-0.1, -0.05) is 45.7 Å². The number of carboxylic acids is 1. The topological polar surface area (TPSA) is 78.9 Å². The van der Waals surface area contributed by atoms with Crippen LogP contribution < -0.4 is 10.1 Å². The summed E-state index contributed by atoms with van der Waals surface area (Å²) in [5.41, 5.74) is 1.23. The van der Waals surface area contributed by atoms with Crippen molar-refractivity contribution in [2.45, 2.75) is 58.3 Å². The van der Waals surface area contributed by atoms with Crippen LogP contribution in [-0.4, -0.2) is 48.8 Å². The zero-order valence-corrected chi connectivity index (χ0v) is 17.1. The standard InChI is InChI=1S/C18H26N2O4.C3H8/c1-3-18(9-4-5-10-20(2)13-18)14-7-6-8-15(11-14)24-17(23)19-12-16(21)22;1-3-2/h6-8,11H,3-5,9-10,12-13H2,1-2H3,(H,19,23)(H,21,22);3H2,1-2H3. The van der Waals surface area contributed by atoms with E-state index in [1.807, 2.05) is 12.1 Å². The lowest BCUT2D eigenvalue weighted by atomic mass is 9.74. The van der Waals surface area contributed by atoms with E-state index in [9.17, 15) is 9.59 Å². The molecule has 27 heavy (non-hydrogen) atoms. The van der Waals surface area contributed by atoms with Gasteiger partial charge in [-0.25, -0.2) is 4.79 Å². The summed E-state index contributed by atoms with van der Waals surface area (Å²) >= 11 is 0. The predicted molar refractivity (Wildman–Crippen MR) is 107 cm³/mol. The van der Waals surface area contributed by atoms with Gasteiger partial charge in [0.1, 0.15) is 12.3 Å². The van der Waals surface area contributed by atoms with E-state index in [2.05, 4.69) is 44.1 Å². The molecule has 0 saturated carbocycles. The highest BCUT2D eigenvalue weighted by molar-refractivity contribution is 5.77. The second-order valence-corrected chi connectivity index (χ2v) is 7.20. The lowest BCUT2D eigenvalue weighted by molar-refractivity contribution is -0.135. The minimum atomic E-state index is -1.10. The average molecular weight is 379 g/mol. The summed E-state index contributed by atoms with van der Waals surface area (Å²) in [6.45, 7) is 8.09. The molecule has 6 heteroatoms. The molecule has 1 aromatic rings. The number of carbonyl (C=O) groups excluding carboxylic acids is 1. The molecule has 1 atom stereocenters. The molecule has 2 rings (SSSR count). The monoisotopic (exact) mass is 378 g/mol. The van der Waals surface area contributed by atoms with Crippen LogP contribution in [0.25, 0.3) is 0 Å². The Morgan fingerprint density at radius 2 is 1.96 bits per heavy atom. The van der Waals surface area contributed by atoms with Crippen LogP contribution in [0.4, 0.5) is 4.79 Å². The molecule has 1 fully saturated rings. The quantitative estimate of drug-likeness (QED) is 0.808. The molecule has 0 bridgehead atoms. The summed E-state index contributed by atoms with van der Waals surface area (Å²) in [6, 6.07) is 7.60. The van der Waals surface area contributed by atoms with Gasteiger partial charge >= 0.3 is 12.1 Å². The van der Waals surface area contributed by atoms with Crippen molar-refractivity contribution in [1.29, 1.82) is 0 Å². The van der Waals surface area contributed by atoms with Crippen LogP contribution in [0.1, 0.15) is 58.4 Å².